The van der Waals surface area contributed by atoms with Crippen LogP contribution in [0, 0.1) is 0 Å². The van der Waals surface area contributed by atoms with Crippen LogP contribution in [-0.4, -0.2) is 40.0 Å². The Labute approximate surface area is 110 Å². The van der Waals surface area contributed by atoms with E-state index in [0.717, 1.165) is 0 Å². The summed E-state index contributed by atoms with van der Waals surface area (Å²) in [4.78, 5) is 12.0. The highest BCUT2D eigenvalue weighted by Gasteiger charge is 1.93. The van der Waals surface area contributed by atoms with Crippen LogP contribution in [0.3, 0.4) is 0 Å². The molecular formula is C8H16N6O4S. The molecule has 0 unspecified atom stereocenters. The molecule has 0 saturated heterocycles. The van der Waals surface area contributed by atoms with Crippen LogP contribution in [0.25, 0.3) is 0 Å². The summed E-state index contributed by atoms with van der Waals surface area (Å²) in [6.45, 7) is 3.07. The number of guanidine groups is 1. The van der Waals surface area contributed by atoms with Gasteiger partial charge in [-0.15, -0.1) is 0 Å². The van der Waals surface area contributed by atoms with Crippen LogP contribution in [-0.2, 0) is 16.9 Å². The summed E-state index contributed by atoms with van der Waals surface area (Å²) in [5.41, 5.74) is 11.1. The zero-order chi connectivity index (χ0) is 14.7. The Morgan fingerprint density at radius 2 is 1.95 bits per heavy atom. The number of nitrogens with one attached hydrogen (secondary N) is 2. The number of hydrogen-bond acceptors (Lipinski definition) is 6. The number of hydrazine groups is 1. The third kappa shape index (κ3) is 14.1. The van der Waals surface area contributed by atoms with Gasteiger partial charge in [0, 0.05) is 18.9 Å². The third-order valence-corrected chi connectivity index (χ3v) is 1.41. The lowest BCUT2D eigenvalue weighted by Crippen LogP contribution is -2.42. The van der Waals surface area contributed by atoms with Gasteiger partial charge in [-0.25, -0.2) is 15.4 Å². The van der Waals surface area contributed by atoms with E-state index >= 15 is 0 Å². The first-order valence-electron chi connectivity index (χ1n) is 5.07. The molecule has 0 aliphatic carbocycles. The van der Waals surface area contributed by atoms with Gasteiger partial charge in [-0.05, 0) is 13.0 Å². The number of hydrogen-bond donors (Lipinski definition) is 5. The van der Waals surface area contributed by atoms with Crippen molar-refractivity contribution in [3.8, 4) is 0 Å². The lowest BCUT2D eigenvalue weighted by atomic mass is 10.5. The van der Waals surface area contributed by atoms with Gasteiger partial charge in [0.05, 0.1) is 6.54 Å². The van der Waals surface area contributed by atoms with E-state index in [1.807, 2.05) is 6.92 Å². The highest BCUT2D eigenvalue weighted by molar-refractivity contribution is 7.79. The number of nitrogens with two attached hydrogens (primary N) is 1. The Morgan fingerprint density at radius 3 is 2.42 bits per heavy atom. The van der Waals surface area contributed by atoms with E-state index in [9.17, 15) is 0 Å². The smallest absolute Gasteiger partial charge is 0.369 e. The maximum Gasteiger partial charge on any atom is 0.394 e. The molecule has 1 aromatic rings. The molecule has 0 atom stereocenters. The quantitative estimate of drug-likeness (QED) is 0.197. The summed E-state index contributed by atoms with van der Waals surface area (Å²) in [6.07, 6.45) is 3.38. The molecule has 11 heteroatoms. The van der Waals surface area contributed by atoms with Crippen molar-refractivity contribution in [1.82, 2.24) is 20.8 Å². The van der Waals surface area contributed by atoms with Gasteiger partial charge in [-0.2, -0.15) is 8.42 Å². The predicted molar refractivity (Wildman–Crippen MR) is 68.3 cm³/mol. The minimum atomic E-state index is -4.67. The molecule has 0 aromatic carbocycles. The summed E-state index contributed by atoms with van der Waals surface area (Å²) >= 11 is 0. The molecular weight excluding hydrogens is 276 g/mol. The van der Waals surface area contributed by atoms with Crippen LogP contribution in [0.2, 0.25) is 0 Å². The summed E-state index contributed by atoms with van der Waals surface area (Å²) in [5, 5.41) is 0. The largest absolute Gasteiger partial charge is 0.394 e. The lowest BCUT2D eigenvalue weighted by molar-refractivity contribution is 0.381. The molecule has 0 amide bonds. The van der Waals surface area contributed by atoms with E-state index in [1.165, 1.54) is 0 Å². The molecule has 19 heavy (non-hydrogen) atoms. The summed E-state index contributed by atoms with van der Waals surface area (Å²) in [7, 11) is -4.67. The monoisotopic (exact) mass is 292 g/mol. The van der Waals surface area contributed by atoms with Gasteiger partial charge in [0.15, 0.2) is 0 Å². The van der Waals surface area contributed by atoms with E-state index in [-0.39, 0.29) is 0 Å². The number of aliphatic imine (C=N–C) groups is 1. The van der Waals surface area contributed by atoms with E-state index in [1.54, 1.807) is 18.5 Å². The van der Waals surface area contributed by atoms with Gasteiger partial charge in [0.2, 0.25) is 5.96 Å². The average molecular weight is 292 g/mol. The molecule has 0 bridgehead atoms. The minimum absolute atomic E-state index is 0.364. The van der Waals surface area contributed by atoms with Gasteiger partial charge < -0.3 is 5.73 Å². The van der Waals surface area contributed by atoms with Gasteiger partial charge in [-0.3, -0.25) is 19.5 Å². The molecule has 1 heterocycles. The highest BCUT2D eigenvalue weighted by atomic mass is 32.3. The van der Waals surface area contributed by atoms with Crippen molar-refractivity contribution in [3.05, 3.63) is 24.3 Å². The van der Waals surface area contributed by atoms with Crippen molar-refractivity contribution in [2.75, 3.05) is 6.54 Å². The second-order valence-corrected chi connectivity index (χ2v) is 3.85. The van der Waals surface area contributed by atoms with E-state index in [4.69, 9.17) is 23.3 Å². The number of aromatic nitrogens is 2. The maximum atomic E-state index is 8.74. The first kappa shape index (κ1) is 17.2. The highest BCUT2D eigenvalue weighted by Crippen LogP contribution is 1.83. The van der Waals surface area contributed by atoms with Crippen LogP contribution >= 0.6 is 0 Å². The van der Waals surface area contributed by atoms with Crippen LogP contribution in [0.1, 0.15) is 12.7 Å². The topological polar surface area (TPSA) is 163 Å². The molecule has 0 aliphatic heterocycles. The van der Waals surface area contributed by atoms with Crippen molar-refractivity contribution in [3.63, 3.8) is 0 Å². The molecule has 0 saturated carbocycles. The van der Waals surface area contributed by atoms with E-state index < -0.39 is 10.4 Å². The molecule has 1 aromatic heterocycles. The fourth-order valence-corrected chi connectivity index (χ4v) is 0.845. The average Bonchev–Trinajstić information content (AvgIpc) is 2.28. The van der Waals surface area contributed by atoms with E-state index in [2.05, 4.69) is 25.8 Å². The molecule has 10 nitrogen and oxygen atoms in total. The van der Waals surface area contributed by atoms with Crippen molar-refractivity contribution in [1.29, 1.82) is 0 Å². The van der Waals surface area contributed by atoms with Crippen molar-refractivity contribution in [2.45, 2.75) is 13.5 Å². The number of nitrogens with zero attached hydrogens (tertiary/aromatic N) is 3. The van der Waals surface area contributed by atoms with Crippen LogP contribution in [0.4, 0.5) is 0 Å². The zero-order valence-corrected chi connectivity index (χ0v) is 11.0. The predicted octanol–water partition coefficient (Wildman–Crippen LogP) is -1.25. The second kappa shape index (κ2) is 9.16. The van der Waals surface area contributed by atoms with E-state index in [0.29, 0.717) is 24.9 Å². The molecule has 0 radical (unpaired) electrons. The van der Waals surface area contributed by atoms with Gasteiger partial charge in [-0.1, -0.05) is 0 Å². The van der Waals surface area contributed by atoms with Gasteiger partial charge >= 0.3 is 10.4 Å². The maximum absolute atomic E-state index is 8.74. The molecule has 0 fully saturated rings. The Kier molecular flexibility index (Phi) is 8.28. The normalized spacial score (nSPS) is 11.4. The summed E-state index contributed by atoms with van der Waals surface area (Å²) in [6, 6.07) is 1.77. The molecule has 0 spiro atoms. The fourth-order valence-electron chi connectivity index (χ4n) is 0.845. The van der Waals surface area contributed by atoms with Crippen molar-refractivity contribution in [2.24, 2.45) is 10.7 Å². The Morgan fingerprint density at radius 1 is 1.42 bits per heavy atom. The second-order valence-electron chi connectivity index (χ2n) is 2.95. The van der Waals surface area contributed by atoms with Gasteiger partial charge in [0.1, 0.15) is 5.82 Å². The lowest BCUT2D eigenvalue weighted by Gasteiger charge is -2.05. The third-order valence-electron chi connectivity index (χ3n) is 1.41. The SMILES string of the molecule is CCN=C(N)NNCc1ncccn1.O=S(=O)(O)O. The number of rotatable bonds is 4. The van der Waals surface area contributed by atoms with Crippen LogP contribution in [0.5, 0.6) is 0 Å². The Bertz CT molecular complexity index is 469. The Hall–Kier alpha value is -1.82. The minimum Gasteiger partial charge on any atom is -0.369 e. The van der Waals surface area contributed by atoms with Crippen molar-refractivity contribution < 1.29 is 17.5 Å². The van der Waals surface area contributed by atoms with Crippen LogP contribution in [0.15, 0.2) is 23.5 Å². The molecule has 1 rings (SSSR count). The van der Waals surface area contributed by atoms with Crippen molar-refractivity contribution >= 4 is 16.4 Å². The molecule has 6 N–H and O–H groups in total. The first-order chi connectivity index (χ1) is 8.83. The fraction of sp³-hybridized carbons (Fsp3) is 0.375. The zero-order valence-electron chi connectivity index (χ0n) is 10.2. The summed E-state index contributed by atoms with van der Waals surface area (Å²) < 4.78 is 31.6. The Balaban J connectivity index is 0.000000555. The van der Waals surface area contributed by atoms with Crippen LogP contribution < -0.4 is 16.6 Å². The summed E-state index contributed by atoms with van der Waals surface area (Å²) in [5.74, 6) is 1.06. The van der Waals surface area contributed by atoms with Gasteiger partial charge in [0.25, 0.3) is 0 Å². The first-order valence-corrected chi connectivity index (χ1v) is 6.47. The standard InChI is InChI=1S/C8H14N6.H2O4S/c1-2-10-8(9)14-13-6-7-11-4-3-5-12-7;1-5(2,3)4/h3-5,13H,2,6H2,1H3,(H3,9,10,14);(H2,1,2,3,4). The molecule has 0 aliphatic rings. The molecule has 108 valence electrons.